The first-order valence-electron chi connectivity index (χ1n) is 3.06. The van der Waals surface area contributed by atoms with Crippen molar-refractivity contribution in [1.29, 1.82) is 0 Å². The predicted molar refractivity (Wildman–Crippen MR) is 40.8 cm³/mol. The predicted octanol–water partition coefficient (Wildman–Crippen LogP) is 1.72. The standard InChI is InChI=1S/C4H9.2CH3.H2O.Sn/c1-3-4-2;;;;/h1,3-4H2,2H3;2*1H3;1H2;. The van der Waals surface area contributed by atoms with Gasteiger partial charge in [0, 0.05) is 0 Å². The molecule has 0 fully saturated rings. The van der Waals surface area contributed by atoms with Crippen LogP contribution in [-0.4, -0.2) is 25.2 Å². The average molecular weight is 224 g/mol. The van der Waals surface area contributed by atoms with Crippen molar-refractivity contribution in [1.82, 2.24) is 0 Å². The number of rotatable bonds is 3. The second-order valence-electron chi connectivity index (χ2n) is 2.31. The molecule has 0 amide bonds. The fourth-order valence-corrected chi connectivity index (χ4v) is 3.56. The van der Waals surface area contributed by atoms with Crippen LogP contribution in [0.25, 0.3) is 0 Å². The van der Waals surface area contributed by atoms with Crippen LogP contribution in [0.3, 0.4) is 0 Å². The minimum Gasteiger partial charge on any atom is -0.412 e. The largest absolute Gasteiger partial charge is 0.412 e. The van der Waals surface area contributed by atoms with Gasteiger partial charge in [0.1, 0.15) is 0 Å². The second-order valence-corrected chi connectivity index (χ2v) is 10.6. The van der Waals surface area contributed by atoms with E-state index in [4.69, 9.17) is 0 Å². The van der Waals surface area contributed by atoms with E-state index in [1.807, 2.05) is 0 Å². The van der Waals surface area contributed by atoms with Crippen LogP contribution in [0.4, 0.5) is 0 Å². The molecule has 2 N–H and O–H groups in total. The normalized spacial score (nSPS) is 9.00. The Labute approximate surface area is 59.5 Å². The van der Waals surface area contributed by atoms with Crippen molar-refractivity contribution in [2.45, 2.75) is 34.1 Å². The van der Waals surface area contributed by atoms with Gasteiger partial charge in [0.2, 0.25) is 0 Å². The van der Waals surface area contributed by atoms with Crippen LogP contribution in [0.5, 0.6) is 0 Å². The van der Waals surface area contributed by atoms with Crippen LogP contribution in [0.2, 0.25) is 14.3 Å². The molecule has 2 heteroatoms. The molecule has 0 unspecified atom stereocenters. The molecule has 0 aliphatic heterocycles. The molecule has 0 atom stereocenters. The third kappa shape index (κ3) is 9.90. The smallest absolute Gasteiger partial charge is 0.412 e. The molecule has 0 aliphatic carbocycles. The summed E-state index contributed by atoms with van der Waals surface area (Å²) in [5.74, 6) is 0. The topological polar surface area (TPSA) is 31.5 Å². The van der Waals surface area contributed by atoms with E-state index in [0.29, 0.717) is 0 Å². The minimum absolute atomic E-state index is 0. The second kappa shape index (κ2) is 7.76. The van der Waals surface area contributed by atoms with Gasteiger partial charge in [-0.2, -0.15) is 0 Å². The van der Waals surface area contributed by atoms with Crippen LogP contribution in [0, 0.1) is 0 Å². The fraction of sp³-hybridized carbons (Fsp3) is 1.00. The van der Waals surface area contributed by atoms with Crippen LogP contribution >= 0.6 is 0 Å². The zero-order valence-electron chi connectivity index (χ0n) is 6.12. The quantitative estimate of drug-likeness (QED) is 0.653. The van der Waals surface area contributed by atoms with Gasteiger partial charge < -0.3 is 5.48 Å². The van der Waals surface area contributed by atoms with Crippen molar-refractivity contribution in [2.75, 3.05) is 0 Å². The maximum Gasteiger partial charge on any atom is -0.412 e. The van der Waals surface area contributed by atoms with Crippen molar-refractivity contribution in [3.8, 4) is 0 Å². The molecule has 51 valence electrons. The van der Waals surface area contributed by atoms with Gasteiger partial charge in [0.05, 0.1) is 0 Å². The van der Waals surface area contributed by atoms with E-state index in [1.165, 1.54) is 12.8 Å². The molecule has 1 radical (unpaired) electrons. The van der Waals surface area contributed by atoms with E-state index in [2.05, 4.69) is 16.8 Å². The van der Waals surface area contributed by atoms with Gasteiger partial charge in [-0.15, -0.1) is 0 Å². The average Bonchev–Trinajstić information content (AvgIpc) is 1.61. The summed E-state index contributed by atoms with van der Waals surface area (Å²) in [5.41, 5.74) is 0. The third-order valence-electron chi connectivity index (χ3n) is 1.03. The van der Waals surface area contributed by atoms with Crippen LogP contribution in [-0.2, 0) is 0 Å². The Morgan fingerprint density at radius 2 is 1.75 bits per heavy atom. The van der Waals surface area contributed by atoms with E-state index in [-0.39, 0.29) is 5.48 Å². The Kier molecular flexibility index (Phi) is 11.2. The van der Waals surface area contributed by atoms with Crippen LogP contribution in [0.1, 0.15) is 19.8 Å². The molecule has 8 heavy (non-hydrogen) atoms. The van der Waals surface area contributed by atoms with E-state index in [0.717, 1.165) is 0 Å². The monoisotopic (exact) mass is 225 g/mol. The summed E-state index contributed by atoms with van der Waals surface area (Å²) in [6.07, 6.45) is 2.88. The van der Waals surface area contributed by atoms with Crippen molar-refractivity contribution in [3.63, 3.8) is 0 Å². The van der Waals surface area contributed by atoms with Gasteiger partial charge in [-0.1, -0.05) is 0 Å². The third-order valence-corrected chi connectivity index (χ3v) is 4.89. The Balaban J connectivity index is 0. The number of unbranched alkanes of at least 4 members (excludes halogenated alkanes) is 1. The first kappa shape index (κ1) is 11.5. The summed E-state index contributed by atoms with van der Waals surface area (Å²) >= 11 is -0.642. The van der Waals surface area contributed by atoms with Crippen molar-refractivity contribution in [2.24, 2.45) is 0 Å². The maximum atomic E-state index is 2.47. The van der Waals surface area contributed by atoms with E-state index >= 15 is 0 Å². The Hall–Kier alpha value is 0.759. The van der Waals surface area contributed by atoms with E-state index in [1.54, 1.807) is 4.44 Å². The van der Waals surface area contributed by atoms with Gasteiger partial charge in [-0.3, -0.25) is 0 Å². The molecule has 0 aromatic rings. The molecule has 0 aliphatic rings. The molecular weight excluding hydrogens is 207 g/mol. The van der Waals surface area contributed by atoms with Gasteiger partial charge in [-0.05, 0) is 0 Å². The Bertz CT molecular complexity index is 37.5. The number of hydrogen-bond donors (Lipinski definition) is 0. The Morgan fingerprint density at radius 1 is 1.25 bits per heavy atom. The SMILES string of the molecule is CCC[CH2][Sn]([CH3])[CH3].O. The first-order valence-corrected chi connectivity index (χ1v) is 10.8. The van der Waals surface area contributed by atoms with Crippen molar-refractivity contribution < 1.29 is 5.48 Å². The summed E-state index contributed by atoms with van der Waals surface area (Å²) in [7, 11) is 0. The first-order chi connectivity index (χ1) is 3.27. The maximum absolute atomic E-state index is 2.47. The molecule has 1 nitrogen and oxygen atoms in total. The summed E-state index contributed by atoms with van der Waals surface area (Å²) in [5, 5.41) is 0. The molecule has 0 rings (SSSR count). The van der Waals surface area contributed by atoms with Gasteiger partial charge >= 0.3 is 53.8 Å². The number of hydrogen-bond acceptors (Lipinski definition) is 0. The summed E-state index contributed by atoms with van der Waals surface area (Å²) in [6.45, 7) is 2.27. The summed E-state index contributed by atoms with van der Waals surface area (Å²) in [6, 6.07) is 0. The van der Waals surface area contributed by atoms with Crippen molar-refractivity contribution >= 4 is 19.8 Å². The van der Waals surface area contributed by atoms with E-state index in [9.17, 15) is 0 Å². The zero-order chi connectivity index (χ0) is 5.70. The molecule has 0 saturated heterocycles. The van der Waals surface area contributed by atoms with Crippen LogP contribution < -0.4 is 0 Å². The van der Waals surface area contributed by atoms with Gasteiger partial charge in [0.15, 0.2) is 0 Å². The van der Waals surface area contributed by atoms with Crippen molar-refractivity contribution in [3.05, 3.63) is 0 Å². The minimum atomic E-state index is -0.642. The molecule has 0 bridgehead atoms. The van der Waals surface area contributed by atoms with Gasteiger partial charge in [-0.25, -0.2) is 0 Å². The van der Waals surface area contributed by atoms with Gasteiger partial charge in [0.25, 0.3) is 0 Å². The Morgan fingerprint density at radius 3 is 1.88 bits per heavy atom. The summed E-state index contributed by atoms with van der Waals surface area (Å²) in [4.78, 5) is 4.94. The van der Waals surface area contributed by atoms with E-state index < -0.39 is 19.8 Å². The summed E-state index contributed by atoms with van der Waals surface area (Å²) < 4.78 is 1.60. The molecule has 0 spiro atoms. The molecule has 0 saturated carbocycles. The molecule has 0 aromatic carbocycles. The van der Waals surface area contributed by atoms with Crippen LogP contribution in [0.15, 0.2) is 0 Å². The molecule has 0 aromatic heterocycles. The zero-order valence-corrected chi connectivity index (χ0v) is 8.98. The fourth-order valence-electron chi connectivity index (χ4n) is 0.530. The molecule has 0 heterocycles. The molecular formula is C6H17OSn.